The molecule has 0 aromatic heterocycles. The SMILES string of the molecule is CNC(=O)C1=NC=CC(C)C=C1C. The topological polar surface area (TPSA) is 41.5 Å². The van der Waals surface area contributed by atoms with Gasteiger partial charge in [-0.3, -0.25) is 9.79 Å². The molecule has 3 heteroatoms. The van der Waals surface area contributed by atoms with E-state index in [0.29, 0.717) is 11.6 Å². The van der Waals surface area contributed by atoms with Crippen molar-refractivity contribution in [3.05, 3.63) is 23.9 Å². The molecule has 3 nitrogen and oxygen atoms in total. The minimum Gasteiger partial charge on any atom is -0.354 e. The van der Waals surface area contributed by atoms with Gasteiger partial charge in [-0.25, -0.2) is 0 Å². The monoisotopic (exact) mass is 178 g/mol. The average molecular weight is 178 g/mol. The van der Waals surface area contributed by atoms with Gasteiger partial charge in [0.1, 0.15) is 5.71 Å². The molecule has 0 aliphatic carbocycles. The van der Waals surface area contributed by atoms with Crippen LogP contribution in [-0.4, -0.2) is 18.7 Å². The summed E-state index contributed by atoms with van der Waals surface area (Å²) >= 11 is 0. The van der Waals surface area contributed by atoms with Crippen LogP contribution in [0.5, 0.6) is 0 Å². The van der Waals surface area contributed by atoms with Crippen molar-refractivity contribution >= 4 is 11.6 Å². The first-order chi connectivity index (χ1) is 6.15. The Kier molecular flexibility index (Phi) is 3.01. The van der Waals surface area contributed by atoms with Crippen molar-refractivity contribution in [1.82, 2.24) is 5.32 Å². The Hall–Kier alpha value is -1.38. The number of carbonyl (C=O) groups excluding carboxylic acids is 1. The van der Waals surface area contributed by atoms with Crippen LogP contribution in [0.1, 0.15) is 13.8 Å². The van der Waals surface area contributed by atoms with Crippen LogP contribution >= 0.6 is 0 Å². The number of carbonyl (C=O) groups is 1. The zero-order valence-corrected chi connectivity index (χ0v) is 8.16. The number of hydrogen-bond donors (Lipinski definition) is 1. The van der Waals surface area contributed by atoms with Crippen LogP contribution in [0, 0.1) is 5.92 Å². The summed E-state index contributed by atoms with van der Waals surface area (Å²) in [5.74, 6) is 0.207. The van der Waals surface area contributed by atoms with Gasteiger partial charge in [-0.05, 0) is 18.4 Å². The van der Waals surface area contributed by atoms with Gasteiger partial charge in [0.2, 0.25) is 0 Å². The van der Waals surface area contributed by atoms with Crippen molar-refractivity contribution in [3.63, 3.8) is 0 Å². The van der Waals surface area contributed by atoms with Crippen LogP contribution in [0.4, 0.5) is 0 Å². The number of aliphatic imine (C=N–C) groups is 1. The van der Waals surface area contributed by atoms with E-state index in [0.717, 1.165) is 5.57 Å². The standard InChI is InChI=1S/C10H14N2O/c1-7-4-5-12-9(8(2)6-7)10(13)11-3/h4-7H,1-3H3,(H,11,13). The molecule has 13 heavy (non-hydrogen) atoms. The summed E-state index contributed by atoms with van der Waals surface area (Å²) in [5, 5.41) is 2.56. The molecule has 1 aliphatic rings. The van der Waals surface area contributed by atoms with Crippen LogP contribution in [0.25, 0.3) is 0 Å². The van der Waals surface area contributed by atoms with Crippen molar-refractivity contribution in [2.75, 3.05) is 7.05 Å². The Labute approximate surface area is 78.2 Å². The van der Waals surface area contributed by atoms with Gasteiger partial charge in [0.15, 0.2) is 0 Å². The summed E-state index contributed by atoms with van der Waals surface area (Å²) in [6.07, 6.45) is 5.67. The maximum atomic E-state index is 11.3. The van der Waals surface area contributed by atoms with E-state index in [9.17, 15) is 4.79 Å². The lowest BCUT2D eigenvalue weighted by atomic mass is 10.1. The van der Waals surface area contributed by atoms with E-state index in [1.807, 2.05) is 19.1 Å². The lowest BCUT2D eigenvalue weighted by molar-refractivity contribution is -0.114. The van der Waals surface area contributed by atoms with Gasteiger partial charge in [-0.2, -0.15) is 0 Å². The Morgan fingerprint density at radius 1 is 1.62 bits per heavy atom. The predicted octanol–water partition coefficient (Wildman–Crippen LogP) is 1.28. The van der Waals surface area contributed by atoms with Crippen LogP contribution in [0.3, 0.4) is 0 Å². The van der Waals surface area contributed by atoms with E-state index in [4.69, 9.17) is 0 Å². The summed E-state index contributed by atoms with van der Waals surface area (Å²) in [5.41, 5.74) is 1.43. The molecule has 1 atom stereocenters. The van der Waals surface area contributed by atoms with Gasteiger partial charge >= 0.3 is 0 Å². The Morgan fingerprint density at radius 2 is 2.31 bits per heavy atom. The molecule has 1 rings (SSSR count). The van der Waals surface area contributed by atoms with E-state index in [1.165, 1.54) is 0 Å². The molecule has 1 N–H and O–H groups in total. The molecule has 1 heterocycles. The highest BCUT2D eigenvalue weighted by Crippen LogP contribution is 2.10. The molecular formula is C10H14N2O. The Morgan fingerprint density at radius 3 is 2.92 bits per heavy atom. The third-order valence-electron chi connectivity index (χ3n) is 1.92. The van der Waals surface area contributed by atoms with Crippen LogP contribution in [0.15, 0.2) is 28.9 Å². The normalized spacial score (nSPS) is 21.6. The maximum absolute atomic E-state index is 11.3. The zero-order valence-electron chi connectivity index (χ0n) is 8.16. The highest BCUT2D eigenvalue weighted by molar-refractivity contribution is 6.45. The Balaban J connectivity index is 2.97. The van der Waals surface area contributed by atoms with Gasteiger partial charge < -0.3 is 5.32 Å². The molecule has 0 saturated heterocycles. The Bertz CT molecular complexity index is 300. The summed E-state index contributed by atoms with van der Waals surface area (Å²) in [6, 6.07) is 0. The minimum absolute atomic E-state index is 0.132. The number of nitrogens with one attached hydrogen (secondary N) is 1. The fourth-order valence-electron chi connectivity index (χ4n) is 1.24. The first kappa shape index (κ1) is 9.71. The average Bonchev–Trinajstić information content (AvgIpc) is 2.25. The van der Waals surface area contributed by atoms with Gasteiger partial charge in [-0.15, -0.1) is 0 Å². The number of amides is 1. The van der Waals surface area contributed by atoms with Gasteiger partial charge in [0.05, 0.1) is 0 Å². The summed E-state index contributed by atoms with van der Waals surface area (Å²) in [7, 11) is 1.61. The molecule has 1 unspecified atom stereocenters. The molecule has 0 spiro atoms. The van der Waals surface area contributed by atoms with Crippen LogP contribution < -0.4 is 5.32 Å². The number of rotatable bonds is 1. The smallest absolute Gasteiger partial charge is 0.269 e. The maximum Gasteiger partial charge on any atom is 0.269 e. The van der Waals surface area contributed by atoms with Crippen molar-refractivity contribution in [2.45, 2.75) is 13.8 Å². The van der Waals surface area contributed by atoms with E-state index in [-0.39, 0.29) is 5.91 Å². The molecule has 0 bridgehead atoms. The first-order valence-electron chi connectivity index (χ1n) is 4.30. The molecule has 0 saturated carbocycles. The molecule has 70 valence electrons. The van der Waals surface area contributed by atoms with Gasteiger partial charge in [0, 0.05) is 13.2 Å². The third kappa shape index (κ3) is 2.28. The molecule has 1 amide bonds. The predicted molar refractivity (Wildman–Crippen MR) is 53.6 cm³/mol. The highest BCUT2D eigenvalue weighted by atomic mass is 16.1. The number of nitrogens with zero attached hydrogens (tertiary/aromatic N) is 1. The van der Waals surface area contributed by atoms with E-state index >= 15 is 0 Å². The summed E-state index contributed by atoms with van der Waals surface area (Å²) in [4.78, 5) is 15.4. The van der Waals surface area contributed by atoms with Crippen molar-refractivity contribution < 1.29 is 4.79 Å². The van der Waals surface area contributed by atoms with E-state index < -0.39 is 0 Å². The molecular weight excluding hydrogens is 164 g/mol. The van der Waals surface area contributed by atoms with Crippen LogP contribution in [0.2, 0.25) is 0 Å². The van der Waals surface area contributed by atoms with Crippen LogP contribution in [-0.2, 0) is 4.79 Å². The fourth-order valence-corrected chi connectivity index (χ4v) is 1.24. The van der Waals surface area contributed by atoms with Crippen molar-refractivity contribution in [3.8, 4) is 0 Å². The second-order valence-electron chi connectivity index (χ2n) is 3.11. The van der Waals surface area contributed by atoms with Gasteiger partial charge in [-0.1, -0.05) is 19.1 Å². The highest BCUT2D eigenvalue weighted by Gasteiger charge is 2.12. The molecule has 0 aromatic carbocycles. The second kappa shape index (κ2) is 4.03. The number of allylic oxidation sites excluding steroid dienone is 2. The summed E-state index contributed by atoms with van der Waals surface area (Å²) < 4.78 is 0. The fraction of sp³-hybridized carbons (Fsp3) is 0.400. The third-order valence-corrected chi connectivity index (χ3v) is 1.92. The lowest BCUT2D eigenvalue weighted by Crippen LogP contribution is -2.28. The summed E-state index contributed by atoms with van der Waals surface area (Å²) in [6.45, 7) is 3.96. The van der Waals surface area contributed by atoms with E-state index in [1.54, 1.807) is 13.2 Å². The van der Waals surface area contributed by atoms with Crippen molar-refractivity contribution in [1.29, 1.82) is 0 Å². The number of hydrogen-bond acceptors (Lipinski definition) is 2. The minimum atomic E-state index is -0.132. The zero-order chi connectivity index (χ0) is 9.84. The van der Waals surface area contributed by atoms with E-state index in [2.05, 4.69) is 17.2 Å². The molecule has 1 aliphatic heterocycles. The molecule has 0 radical (unpaired) electrons. The second-order valence-corrected chi connectivity index (χ2v) is 3.11. The lowest BCUT2D eigenvalue weighted by Gasteiger charge is -2.03. The molecule has 0 aromatic rings. The quantitative estimate of drug-likeness (QED) is 0.645. The molecule has 0 fully saturated rings. The van der Waals surface area contributed by atoms with Crippen molar-refractivity contribution in [2.24, 2.45) is 10.9 Å². The first-order valence-corrected chi connectivity index (χ1v) is 4.30. The van der Waals surface area contributed by atoms with Gasteiger partial charge in [0.25, 0.3) is 5.91 Å². The largest absolute Gasteiger partial charge is 0.354 e.